The molecule has 2 nitrogen and oxygen atoms in total. The summed E-state index contributed by atoms with van der Waals surface area (Å²) < 4.78 is 0. The highest BCUT2D eigenvalue weighted by Crippen LogP contribution is 2.23. The Morgan fingerprint density at radius 3 is 2.50 bits per heavy atom. The van der Waals surface area contributed by atoms with Gasteiger partial charge in [0.1, 0.15) is 0 Å². The van der Waals surface area contributed by atoms with E-state index >= 15 is 0 Å². The first kappa shape index (κ1) is 12.4. The van der Waals surface area contributed by atoms with Crippen molar-refractivity contribution in [2.24, 2.45) is 0 Å². The third kappa shape index (κ3) is 2.59. The number of nitrogens with zero attached hydrogens (tertiary/aromatic N) is 1. The second-order valence-electron chi connectivity index (χ2n) is 4.30. The molecule has 1 aromatic heterocycles. The summed E-state index contributed by atoms with van der Waals surface area (Å²) in [6.07, 6.45) is 3.69. The fourth-order valence-electron chi connectivity index (χ4n) is 1.87. The van der Waals surface area contributed by atoms with Gasteiger partial charge in [0.15, 0.2) is 0 Å². The minimum Gasteiger partial charge on any atom is -0.515 e. The second kappa shape index (κ2) is 5.50. The standard InChI is InChI=1S/C16H17NO/c1-3-13(11-18)16-10-15(8-9-17-16)14-6-4-12(2)5-7-14/h4-11,18H,3H2,1-2H3/b13-11-. The van der Waals surface area contributed by atoms with Crippen LogP contribution in [0.1, 0.15) is 24.6 Å². The minimum atomic E-state index is 0.765. The van der Waals surface area contributed by atoms with E-state index in [1.165, 1.54) is 5.56 Å². The molecule has 2 rings (SSSR count). The van der Waals surface area contributed by atoms with Gasteiger partial charge in [0, 0.05) is 11.8 Å². The van der Waals surface area contributed by atoms with Gasteiger partial charge in [0.25, 0.3) is 0 Å². The van der Waals surface area contributed by atoms with Gasteiger partial charge < -0.3 is 5.11 Å². The molecule has 0 radical (unpaired) electrons. The number of hydrogen-bond acceptors (Lipinski definition) is 2. The molecule has 1 N–H and O–H groups in total. The Hall–Kier alpha value is -2.09. The predicted molar refractivity (Wildman–Crippen MR) is 75.3 cm³/mol. The zero-order valence-electron chi connectivity index (χ0n) is 10.7. The maximum atomic E-state index is 9.18. The van der Waals surface area contributed by atoms with E-state index in [0.717, 1.165) is 35.1 Å². The molecule has 0 atom stereocenters. The Labute approximate surface area is 108 Å². The van der Waals surface area contributed by atoms with Crippen molar-refractivity contribution >= 4 is 5.57 Å². The lowest BCUT2D eigenvalue weighted by Gasteiger charge is -2.06. The summed E-state index contributed by atoms with van der Waals surface area (Å²) in [4.78, 5) is 4.30. The van der Waals surface area contributed by atoms with Crippen molar-refractivity contribution in [1.29, 1.82) is 0 Å². The zero-order chi connectivity index (χ0) is 13.0. The molecule has 0 aliphatic rings. The average molecular weight is 239 g/mol. The number of aliphatic hydroxyl groups is 1. The lowest BCUT2D eigenvalue weighted by molar-refractivity contribution is 0.474. The SMILES string of the molecule is CC/C(=C/O)c1cc(-c2ccc(C)cc2)ccn1. The predicted octanol–water partition coefficient (Wildman–Crippen LogP) is 4.37. The Kier molecular flexibility index (Phi) is 3.78. The van der Waals surface area contributed by atoms with Gasteiger partial charge >= 0.3 is 0 Å². The highest BCUT2D eigenvalue weighted by atomic mass is 16.2. The first-order valence-electron chi connectivity index (χ1n) is 6.11. The fraction of sp³-hybridized carbons (Fsp3) is 0.188. The van der Waals surface area contributed by atoms with Crippen molar-refractivity contribution in [3.8, 4) is 11.1 Å². The summed E-state index contributed by atoms with van der Waals surface area (Å²) in [5.74, 6) is 0. The van der Waals surface area contributed by atoms with Crippen molar-refractivity contribution in [2.75, 3.05) is 0 Å². The first-order chi connectivity index (χ1) is 8.74. The van der Waals surface area contributed by atoms with E-state index in [1.54, 1.807) is 6.20 Å². The van der Waals surface area contributed by atoms with Gasteiger partial charge in [-0.2, -0.15) is 0 Å². The number of rotatable bonds is 3. The molecule has 2 heteroatoms. The summed E-state index contributed by atoms with van der Waals surface area (Å²) in [7, 11) is 0. The van der Waals surface area contributed by atoms with Crippen molar-refractivity contribution in [3.05, 3.63) is 60.1 Å². The molecule has 2 aromatic rings. The molecule has 0 spiro atoms. The van der Waals surface area contributed by atoms with E-state index in [4.69, 9.17) is 0 Å². The topological polar surface area (TPSA) is 33.1 Å². The molecular weight excluding hydrogens is 222 g/mol. The van der Waals surface area contributed by atoms with Crippen LogP contribution in [0.15, 0.2) is 48.9 Å². The van der Waals surface area contributed by atoms with Gasteiger partial charge in [0.2, 0.25) is 0 Å². The van der Waals surface area contributed by atoms with Gasteiger partial charge in [-0.1, -0.05) is 36.8 Å². The summed E-state index contributed by atoms with van der Waals surface area (Å²) in [5, 5.41) is 9.18. The Bertz CT molecular complexity index is 556. The molecule has 0 aliphatic carbocycles. The van der Waals surface area contributed by atoms with Crippen LogP contribution in [0.2, 0.25) is 0 Å². The Balaban J connectivity index is 2.41. The maximum absolute atomic E-state index is 9.18. The number of aliphatic hydroxyl groups excluding tert-OH is 1. The molecule has 0 bridgehead atoms. The highest BCUT2D eigenvalue weighted by molar-refractivity contribution is 5.69. The van der Waals surface area contributed by atoms with Gasteiger partial charge in [-0.15, -0.1) is 0 Å². The summed E-state index contributed by atoms with van der Waals surface area (Å²) in [5.41, 5.74) is 5.21. The summed E-state index contributed by atoms with van der Waals surface area (Å²) in [6.45, 7) is 4.08. The van der Waals surface area contributed by atoms with Gasteiger partial charge in [-0.3, -0.25) is 4.98 Å². The van der Waals surface area contributed by atoms with Crippen LogP contribution in [0.5, 0.6) is 0 Å². The Morgan fingerprint density at radius 1 is 1.17 bits per heavy atom. The largest absolute Gasteiger partial charge is 0.515 e. The molecule has 92 valence electrons. The number of pyridine rings is 1. The number of aryl methyl sites for hydroxylation is 1. The van der Waals surface area contributed by atoms with Crippen LogP contribution in [0.25, 0.3) is 16.7 Å². The normalized spacial score (nSPS) is 11.6. The first-order valence-corrected chi connectivity index (χ1v) is 6.11. The lowest BCUT2D eigenvalue weighted by Crippen LogP contribution is -1.89. The summed E-state index contributed by atoms with van der Waals surface area (Å²) in [6, 6.07) is 12.4. The summed E-state index contributed by atoms with van der Waals surface area (Å²) >= 11 is 0. The molecule has 0 amide bonds. The van der Waals surface area contributed by atoms with Gasteiger partial charge in [-0.25, -0.2) is 0 Å². The third-order valence-electron chi connectivity index (χ3n) is 3.01. The minimum absolute atomic E-state index is 0.765. The van der Waals surface area contributed by atoms with E-state index < -0.39 is 0 Å². The van der Waals surface area contributed by atoms with Crippen LogP contribution in [0.3, 0.4) is 0 Å². The number of aromatic nitrogens is 1. The zero-order valence-corrected chi connectivity index (χ0v) is 10.7. The number of allylic oxidation sites excluding steroid dienone is 1. The third-order valence-corrected chi connectivity index (χ3v) is 3.01. The quantitative estimate of drug-likeness (QED) is 0.807. The van der Waals surface area contributed by atoms with Crippen LogP contribution in [-0.4, -0.2) is 10.1 Å². The molecule has 18 heavy (non-hydrogen) atoms. The van der Waals surface area contributed by atoms with Crippen LogP contribution in [-0.2, 0) is 0 Å². The van der Waals surface area contributed by atoms with E-state index in [-0.39, 0.29) is 0 Å². The Morgan fingerprint density at radius 2 is 1.89 bits per heavy atom. The molecule has 0 fully saturated rings. The molecule has 0 unspecified atom stereocenters. The average Bonchev–Trinajstić information content (AvgIpc) is 2.41. The van der Waals surface area contributed by atoms with Crippen LogP contribution < -0.4 is 0 Å². The molecule has 1 aromatic carbocycles. The second-order valence-corrected chi connectivity index (χ2v) is 4.30. The smallest absolute Gasteiger partial charge is 0.0845 e. The van der Waals surface area contributed by atoms with E-state index in [2.05, 4.69) is 36.2 Å². The maximum Gasteiger partial charge on any atom is 0.0845 e. The van der Waals surface area contributed by atoms with Crippen molar-refractivity contribution in [1.82, 2.24) is 4.98 Å². The van der Waals surface area contributed by atoms with Crippen LogP contribution >= 0.6 is 0 Å². The monoisotopic (exact) mass is 239 g/mol. The van der Waals surface area contributed by atoms with Gasteiger partial charge in [0.05, 0.1) is 12.0 Å². The van der Waals surface area contributed by atoms with Crippen molar-refractivity contribution in [2.45, 2.75) is 20.3 Å². The van der Waals surface area contributed by atoms with E-state index in [1.807, 2.05) is 19.1 Å². The van der Waals surface area contributed by atoms with Crippen LogP contribution in [0.4, 0.5) is 0 Å². The van der Waals surface area contributed by atoms with Crippen LogP contribution in [0, 0.1) is 6.92 Å². The highest BCUT2D eigenvalue weighted by Gasteiger charge is 2.04. The number of benzene rings is 1. The van der Waals surface area contributed by atoms with E-state index in [0.29, 0.717) is 0 Å². The molecular formula is C16H17NO. The molecule has 0 saturated heterocycles. The lowest BCUT2D eigenvalue weighted by atomic mass is 10.0. The molecule has 1 heterocycles. The molecule has 0 aliphatic heterocycles. The molecule has 0 saturated carbocycles. The number of hydrogen-bond donors (Lipinski definition) is 1. The van der Waals surface area contributed by atoms with Gasteiger partial charge in [-0.05, 0) is 36.6 Å². The van der Waals surface area contributed by atoms with Crippen molar-refractivity contribution < 1.29 is 5.11 Å². The van der Waals surface area contributed by atoms with Crippen molar-refractivity contribution in [3.63, 3.8) is 0 Å². The fourth-order valence-corrected chi connectivity index (χ4v) is 1.87. The van der Waals surface area contributed by atoms with E-state index in [9.17, 15) is 5.11 Å².